The number of Topliss-reactive ketones (excluding diaryl/α,β-unsaturated/α-hetero) is 1. The maximum atomic E-state index is 13.6. The van der Waals surface area contributed by atoms with Crippen molar-refractivity contribution in [1.82, 2.24) is 5.32 Å². The number of halogens is 1. The zero-order valence-electron chi connectivity index (χ0n) is 18.7. The van der Waals surface area contributed by atoms with Crippen LogP contribution in [0.4, 0.5) is 0 Å². The molecule has 1 heterocycles. The van der Waals surface area contributed by atoms with Crippen LogP contribution in [-0.4, -0.2) is 18.9 Å². The van der Waals surface area contributed by atoms with Crippen molar-refractivity contribution in [1.29, 1.82) is 0 Å². The molecule has 0 radical (unpaired) electrons. The average Bonchev–Trinajstić information content (AvgIpc) is 3.14. The van der Waals surface area contributed by atoms with Crippen LogP contribution in [0.15, 0.2) is 89.6 Å². The second-order valence-electron chi connectivity index (χ2n) is 8.20. The minimum absolute atomic E-state index is 0.0931. The Morgan fingerprint density at radius 1 is 0.971 bits per heavy atom. The molecule has 0 saturated heterocycles. The quantitative estimate of drug-likeness (QED) is 0.323. The van der Waals surface area contributed by atoms with Gasteiger partial charge >= 0.3 is 5.97 Å². The number of hydrogen-bond acceptors (Lipinski definition) is 5. The molecule has 1 atom stereocenters. The van der Waals surface area contributed by atoms with Gasteiger partial charge in [-0.25, -0.2) is 4.79 Å². The maximum absolute atomic E-state index is 13.6. The van der Waals surface area contributed by atoms with Crippen LogP contribution >= 0.6 is 22.6 Å². The number of ether oxygens (including phenoxy) is 2. The Labute approximate surface area is 211 Å². The summed E-state index contributed by atoms with van der Waals surface area (Å²) in [6.07, 6.45) is 0. The highest BCUT2D eigenvalue weighted by molar-refractivity contribution is 14.1. The lowest BCUT2D eigenvalue weighted by atomic mass is 9.79. The van der Waals surface area contributed by atoms with E-state index >= 15 is 0 Å². The lowest BCUT2D eigenvalue weighted by Gasteiger charge is -2.30. The molecular weight excluding hydrogens is 541 g/mol. The van der Waals surface area contributed by atoms with Gasteiger partial charge in [0.1, 0.15) is 12.4 Å². The van der Waals surface area contributed by atoms with Crippen molar-refractivity contribution in [3.05, 3.63) is 115 Å². The summed E-state index contributed by atoms with van der Waals surface area (Å²) in [6.45, 7) is 2.21. The minimum Gasteiger partial charge on any atom is -0.489 e. The van der Waals surface area contributed by atoms with E-state index in [0.29, 0.717) is 34.8 Å². The molecule has 2 aliphatic rings. The van der Waals surface area contributed by atoms with Gasteiger partial charge in [0.2, 0.25) is 0 Å². The molecule has 0 saturated carbocycles. The predicted octanol–water partition coefficient (Wildman–Crippen LogP) is 5.61. The summed E-state index contributed by atoms with van der Waals surface area (Å²) < 4.78 is 12.5. The Balaban J connectivity index is 1.61. The highest BCUT2D eigenvalue weighted by Crippen LogP contribution is 2.48. The van der Waals surface area contributed by atoms with Crippen molar-refractivity contribution in [3.8, 4) is 5.75 Å². The molecule has 170 valence electrons. The van der Waals surface area contributed by atoms with Crippen molar-refractivity contribution < 1.29 is 19.1 Å². The summed E-state index contributed by atoms with van der Waals surface area (Å²) in [4.78, 5) is 26.5. The molecule has 0 unspecified atom stereocenters. The van der Waals surface area contributed by atoms with Crippen molar-refractivity contribution in [2.75, 3.05) is 7.11 Å². The molecule has 5 nitrogen and oxygen atoms in total. The third-order valence-electron chi connectivity index (χ3n) is 6.19. The summed E-state index contributed by atoms with van der Waals surface area (Å²) >= 11 is 2.27. The molecule has 3 aromatic carbocycles. The lowest BCUT2D eigenvalue weighted by molar-refractivity contribution is -0.136. The molecule has 0 bridgehead atoms. The molecule has 1 aliphatic heterocycles. The Bertz CT molecular complexity index is 1370. The monoisotopic (exact) mass is 563 g/mol. The Hall–Kier alpha value is -3.39. The van der Waals surface area contributed by atoms with E-state index in [1.165, 1.54) is 7.11 Å². The number of carbonyl (C=O) groups is 2. The first-order valence-electron chi connectivity index (χ1n) is 10.9. The van der Waals surface area contributed by atoms with Crippen LogP contribution in [-0.2, 0) is 16.1 Å². The lowest BCUT2D eigenvalue weighted by Crippen LogP contribution is -2.29. The summed E-state index contributed by atoms with van der Waals surface area (Å²) in [7, 11) is 1.36. The topological polar surface area (TPSA) is 64.6 Å². The zero-order chi connectivity index (χ0) is 23.8. The number of carbonyl (C=O) groups excluding carboxylic acids is 2. The number of para-hydroxylation sites is 1. The molecule has 0 aromatic heterocycles. The van der Waals surface area contributed by atoms with Gasteiger partial charge < -0.3 is 14.8 Å². The largest absolute Gasteiger partial charge is 0.489 e. The number of esters is 1. The van der Waals surface area contributed by atoms with Crippen LogP contribution in [0.2, 0.25) is 0 Å². The van der Waals surface area contributed by atoms with Gasteiger partial charge in [-0.15, -0.1) is 0 Å². The fraction of sp³-hybridized carbons (Fsp3) is 0.143. The summed E-state index contributed by atoms with van der Waals surface area (Å²) in [5, 5.41) is 3.31. The summed E-state index contributed by atoms with van der Waals surface area (Å²) in [5.41, 5.74) is 5.60. The van der Waals surface area contributed by atoms with Gasteiger partial charge in [-0.1, -0.05) is 54.6 Å². The Morgan fingerprint density at radius 3 is 2.38 bits per heavy atom. The van der Waals surface area contributed by atoms with Gasteiger partial charge in [-0.05, 0) is 53.3 Å². The molecular formula is C28H22INO4. The number of nitrogens with one attached hydrogen (secondary N) is 1. The smallest absolute Gasteiger partial charge is 0.336 e. The number of allylic oxidation sites excluding steroid dienone is 2. The summed E-state index contributed by atoms with van der Waals surface area (Å²) in [5.74, 6) is -0.559. The normalized spacial score (nSPS) is 16.7. The molecule has 1 N–H and O–H groups in total. The number of rotatable bonds is 5. The van der Waals surface area contributed by atoms with E-state index in [0.717, 1.165) is 26.0 Å². The van der Waals surface area contributed by atoms with E-state index in [4.69, 9.17) is 9.47 Å². The van der Waals surface area contributed by atoms with Crippen molar-refractivity contribution in [2.24, 2.45) is 0 Å². The van der Waals surface area contributed by atoms with Gasteiger partial charge in [-0.2, -0.15) is 0 Å². The Kier molecular flexibility index (Phi) is 6.00. The second kappa shape index (κ2) is 9.10. The fourth-order valence-electron chi connectivity index (χ4n) is 4.61. The van der Waals surface area contributed by atoms with Crippen molar-refractivity contribution in [2.45, 2.75) is 19.4 Å². The number of benzene rings is 3. The van der Waals surface area contributed by atoms with Gasteiger partial charge in [0, 0.05) is 31.5 Å². The van der Waals surface area contributed by atoms with E-state index in [1.54, 1.807) is 0 Å². The third kappa shape index (κ3) is 3.81. The molecule has 3 aromatic rings. The molecule has 0 spiro atoms. The SMILES string of the molecule is COC(=O)C1=C(C)NC2=C(C(=O)c3ccccc32)[C@H]1c1ccccc1OCc1ccc(I)cc1. The highest BCUT2D eigenvalue weighted by atomic mass is 127. The van der Waals surface area contributed by atoms with E-state index in [1.807, 2.05) is 79.7 Å². The minimum atomic E-state index is -0.614. The molecule has 0 amide bonds. The number of fused-ring (bicyclic) bond motifs is 2. The number of ketones is 1. The molecule has 5 rings (SSSR count). The molecule has 1 aliphatic carbocycles. The first kappa shape index (κ1) is 22.4. The highest BCUT2D eigenvalue weighted by Gasteiger charge is 2.43. The van der Waals surface area contributed by atoms with Crippen LogP contribution in [0.25, 0.3) is 5.70 Å². The summed E-state index contributed by atoms with van der Waals surface area (Å²) in [6, 6.07) is 23.2. The van der Waals surface area contributed by atoms with Crippen molar-refractivity contribution in [3.63, 3.8) is 0 Å². The van der Waals surface area contributed by atoms with Gasteiger partial charge in [0.15, 0.2) is 5.78 Å². The standard InChI is InChI=1S/C28H22INO4/c1-16-23(28(32)33-2)24(25-26(30-16)19-7-3-4-8-20(19)27(25)31)21-9-5-6-10-22(21)34-15-17-11-13-18(29)14-12-17/h3-14,24,30H,15H2,1-2H3/t24-/m0/s1. The number of methoxy groups -OCH3 is 1. The third-order valence-corrected chi connectivity index (χ3v) is 6.91. The molecule has 34 heavy (non-hydrogen) atoms. The van der Waals surface area contributed by atoms with Gasteiger partial charge in [0.05, 0.1) is 24.3 Å². The van der Waals surface area contributed by atoms with Crippen LogP contribution < -0.4 is 10.1 Å². The van der Waals surface area contributed by atoms with Crippen LogP contribution in [0, 0.1) is 3.57 Å². The predicted molar refractivity (Wildman–Crippen MR) is 138 cm³/mol. The van der Waals surface area contributed by atoms with E-state index in [9.17, 15) is 9.59 Å². The number of hydrogen-bond donors (Lipinski definition) is 1. The van der Waals surface area contributed by atoms with E-state index < -0.39 is 11.9 Å². The van der Waals surface area contributed by atoms with Gasteiger partial charge in [0.25, 0.3) is 0 Å². The van der Waals surface area contributed by atoms with Crippen LogP contribution in [0.3, 0.4) is 0 Å². The average molecular weight is 563 g/mol. The second-order valence-corrected chi connectivity index (χ2v) is 9.45. The molecule has 6 heteroatoms. The Morgan fingerprint density at radius 2 is 1.65 bits per heavy atom. The number of dihydropyridines is 1. The van der Waals surface area contributed by atoms with Crippen LogP contribution in [0.5, 0.6) is 5.75 Å². The van der Waals surface area contributed by atoms with Crippen LogP contribution in [0.1, 0.15) is 39.9 Å². The van der Waals surface area contributed by atoms with E-state index in [-0.39, 0.29) is 5.78 Å². The maximum Gasteiger partial charge on any atom is 0.336 e. The zero-order valence-corrected chi connectivity index (χ0v) is 20.9. The van der Waals surface area contributed by atoms with Crippen molar-refractivity contribution >= 4 is 40.0 Å². The first-order chi connectivity index (χ1) is 16.5. The van der Waals surface area contributed by atoms with E-state index in [2.05, 4.69) is 27.9 Å². The first-order valence-corrected chi connectivity index (χ1v) is 12.0. The van der Waals surface area contributed by atoms with Gasteiger partial charge in [-0.3, -0.25) is 4.79 Å². The molecule has 0 fully saturated rings. The fourth-order valence-corrected chi connectivity index (χ4v) is 4.97.